The van der Waals surface area contributed by atoms with Gasteiger partial charge in [0.2, 0.25) is 0 Å². The van der Waals surface area contributed by atoms with Crippen molar-refractivity contribution in [1.29, 1.82) is 0 Å². The van der Waals surface area contributed by atoms with Crippen LogP contribution in [0.4, 0.5) is 0 Å². The lowest BCUT2D eigenvalue weighted by Gasteiger charge is -2.36. The Morgan fingerprint density at radius 1 is 0.550 bits per heavy atom. The van der Waals surface area contributed by atoms with Crippen LogP contribution in [0.2, 0.25) is 18.1 Å². The Balaban J connectivity index is 1.71. The van der Waals surface area contributed by atoms with Crippen molar-refractivity contribution in [1.82, 2.24) is 0 Å². The van der Waals surface area contributed by atoms with Crippen molar-refractivity contribution in [2.75, 3.05) is 106 Å². The fraction of sp³-hybridized carbons (Fsp3) is 0.759. The number of rotatable bonds is 26. The minimum absolute atomic E-state index is 0.208. The van der Waals surface area contributed by atoms with Crippen LogP contribution in [0.3, 0.4) is 0 Å². The van der Waals surface area contributed by atoms with Crippen molar-refractivity contribution in [2.24, 2.45) is 0 Å². The van der Waals surface area contributed by atoms with Gasteiger partial charge in [-0.2, -0.15) is 0 Å². The summed E-state index contributed by atoms with van der Waals surface area (Å²) in [5.74, 6) is -0.351. The summed E-state index contributed by atoms with van der Waals surface area (Å²) in [7, 11) is -1.70. The van der Waals surface area contributed by atoms with E-state index in [4.69, 9.17) is 42.3 Å². The molecule has 0 amide bonds. The van der Waals surface area contributed by atoms with E-state index in [1.807, 2.05) is 6.07 Å². The highest BCUT2D eigenvalue weighted by atomic mass is 28.4. The summed E-state index contributed by atoms with van der Waals surface area (Å²) in [6.07, 6.45) is 0. The first-order valence-electron chi connectivity index (χ1n) is 14.1. The quantitative estimate of drug-likeness (QED) is 0.0898. The van der Waals surface area contributed by atoms with E-state index in [0.29, 0.717) is 105 Å². The van der Waals surface area contributed by atoms with Crippen LogP contribution in [0.1, 0.15) is 31.1 Å². The van der Waals surface area contributed by atoms with Crippen molar-refractivity contribution in [3.8, 4) is 0 Å². The van der Waals surface area contributed by atoms with E-state index in [9.17, 15) is 4.79 Å². The van der Waals surface area contributed by atoms with Gasteiger partial charge in [0.1, 0.15) is 6.61 Å². The number of benzene rings is 1. The van der Waals surface area contributed by atoms with Crippen LogP contribution in [0, 0.1) is 0 Å². The molecule has 0 heterocycles. The predicted molar refractivity (Wildman–Crippen MR) is 156 cm³/mol. The predicted octanol–water partition coefficient (Wildman–Crippen LogP) is 3.98. The average molecular weight is 589 g/mol. The Morgan fingerprint density at radius 3 is 1.23 bits per heavy atom. The van der Waals surface area contributed by atoms with E-state index in [1.165, 1.54) is 0 Å². The number of carbonyl (C=O) groups excluding carboxylic acids is 1. The third kappa shape index (κ3) is 19.6. The molecule has 0 spiro atoms. The highest BCUT2D eigenvalue weighted by Gasteiger charge is 2.36. The lowest BCUT2D eigenvalue weighted by atomic mass is 10.2. The Morgan fingerprint density at radius 2 is 0.875 bits per heavy atom. The van der Waals surface area contributed by atoms with Crippen LogP contribution in [0.25, 0.3) is 0 Å². The molecule has 0 aliphatic rings. The molecule has 232 valence electrons. The molecule has 0 aromatic heterocycles. The Bertz CT molecular complexity index is 727. The average Bonchev–Trinajstić information content (AvgIpc) is 2.92. The van der Waals surface area contributed by atoms with E-state index < -0.39 is 8.32 Å². The zero-order chi connectivity index (χ0) is 29.4. The van der Waals surface area contributed by atoms with Gasteiger partial charge in [-0.3, -0.25) is 0 Å². The standard InChI is InChI=1S/C29H52O10Si/c1-29(2,3)40(4,5)39-26-24-37-22-20-35-18-16-33-14-12-31-11-13-32-15-17-34-19-21-36-23-25-38-28(30)27-9-7-6-8-10-27/h6-10H,11-26H2,1-5H3. The van der Waals surface area contributed by atoms with Crippen molar-refractivity contribution in [2.45, 2.75) is 38.9 Å². The molecule has 0 bridgehead atoms. The van der Waals surface area contributed by atoms with Gasteiger partial charge >= 0.3 is 5.97 Å². The van der Waals surface area contributed by atoms with Crippen LogP contribution in [0.5, 0.6) is 0 Å². The van der Waals surface area contributed by atoms with Gasteiger partial charge in [0, 0.05) is 0 Å². The minimum atomic E-state index is -1.70. The topological polar surface area (TPSA) is 100 Å². The molecule has 0 aliphatic carbocycles. The molecule has 0 saturated heterocycles. The molecule has 1 aromatic rings. The summed E-state index contributed by atoms with van der Waals surface area (Å²) in [4.78, 5) is 11.8. The Labute approximate surface area is 242 Å². The molecule has 0 saturated carbocycles. The smallest absolute Gasteiger partial charge is 0.338 e. The van der Waals surface area contributed by atoms with Gasteiger partial charge in [-0.1, -0.05) is 39.0 Å². The number of carbonyl (C=O) groups is 1. The van der Waals surface area contributed by atoms with E-state index in [2.05, 4.69) is 33.9 Å². The molecule has 0 N–H and O–H groups in total. The molecule has 0 atom stereocenters. The molecule has 0 fully saturated rings. The highest BCUT2D eigenvalue weighted by Crippen LogP contribution is 2.36. The fourth-order valence-corrected chi connectivity index (χ4v) is 3.87. The van der Waals surface area contributed by atoms with Gasteiger partial charge in [-0.25, -0.2) is 4.79 Å². The zero-order valence-corrected chi connectivity index (χ0v) is 26.3. The second-order valence-electron chi connectivity index (χ2n) is 10.4. The van der Waals surface area contributed by atoms with E-state index in [-0.39, 0.29) is 17.6 Å². The summed E-state index contributed by atoms with van der Waals surface area (Å²) in [6, 6.07) is 8.87. The molecule has 0 radical (unpaired) electrons. The highest BCUT2D eigenvalue weighted by molar-refractivity contribution is 6.74. The van der Waals surface area contributed by atoms with E-state index >= 15 is 0 Å². The fourth-order valence-electron chi connectivity index (χ4n) is 2.84. The monoisotopic (exact) mass is 588 g/mol. The van der Waals surface area contributed by atoms with Crippen molar-refractivity contribution < 1.29 is 47.1 Å². The lowest BCUT2D eigenvalue weighted by molar-refractivity contribution is -0.0229. The van der Waals surface area contributed by atoms with Crippen LogP contribution in [0.15, 0.2) is 30.3 Å². The van der Waals surface area contributed by atoms with Gasteiger partial charge in [-0.05, 0) is 30.3 Å². The van der Waals surface area contributed by atoms with Crippen LogP contribution in [-0.4, -0.2) is 120 Å². The van der Waals surface area contributed by atoms with Gasteiger partial charge < -0.3 is 42.3 Å². The number of hydrogen-bond acceptors (Lipinski definition) is 10. The first-order valence-corrected chi connectivity index (χ1v) is 17.1. The van der Waals surface area contributed by atoms with Crippen molar-refractivity contribution in [3.05, 3.63) is 35.9 Å². The SMILES string of the molecule is CC(C)(C)[Si](C)(C)OCCOCCOCCOCCOCCOCCOCCOCCOC(=O)c1ccccc1. The summed E-state index contributed by atoms with van der Waals surface area (Å²) < 4.78 is 49.5. The first-order chi connectivity index (χ1) is 19.2. The van der Waals surface area contributed by atoms with Gasteiger partial charge in [0.15, 0.2) is 8.32 Å². The van der Waals surface area contributed by atoms with Gasteiger partial charge in [0.25, 0.3) is 0 Å². The van der Waals surface area contributed by atoms with E-state index in [0.717, 1.165) is 0 Å². The number of hydrogen-bond donors (Lipinski definition) is 0. The van der Waals surface area contributed by atoms with Crippen molar-refractivity contribution >= 4 is 14.3 Å². The summed E-state index contributed by atoms with van der Waals surface area (Å²) in [6.45, 7) is 18.9. The molecule has 11 heteroatoms. The summed E-state index contributed by atoms with van der Waals surface area (Å²) in [5.41, 5.74) is 0.530. The molecule has 1 rings (SSSR count). The van der Waals surface area contributed by atoms with Gasteiger partial charge in [0.05, 0.1) is 105 Å². The Hall–Kier alpha value is -1.41. The van der Waals surface area contributed by atoms with Gasteiger partial charge in [-0.15, -0.1) is 0 Å². The molecule has 0 aliphatic heterocycles. The maximum atomic E-state index is 11.8. The molecule has 10 nitrogen and oxygen atoms in total. The first kappa shape index (κ1) is 36.6. The maximum absolute atomic E-state index is 11.8. The van der Waals surface area contributed by atoms with Crippen LogP contribution in [-0.2, 0) is 42.3 Å². The van der Waals surface area contributed by atoms with Crippen LogP contribution >= 0.6 is 0 Å². The lowest BCUT2D eigenvalue weighted by Crippen LogP contribution is -2.41. The summed E-state index contributed by atoms with van der Waals surface area (Å²) in [5, 5.41) is 0.216. The maximum Gasteiger partial charge on any atom is 0.338 e. The molecular formula is C29H52O10Si. The second-order valence-corrected chi connectivity index (χ2v) is 15.2. The normalized spacial score (nSPS) is 12.1. The molecular weight excluding hydrogens is 536 g/mol. The minimum Gasteiger partial charge on any atom is -0.460 e. The number of ether oxygens (including phenoxy) is 8. The largest absolute Gasteiger partial charge is 0.460 e. The van der Waals surface area contributed by atoms with E-state index in [1.54, 1.807) is 24.3 Å². The zero-order valence-electron chi connectivity index (χ0n) is 25.3. The summed E-state index contributed by atoms with van der Waals surface area (Å²) >= 11 is 0. The third-order valence-corrected chi connectivity index (χ3v) is 10.7. The Kier molecular flexibility index (Phi) is 21.2. The third-order valence-electron chi connectivity index (χ3n) is 6.20. The molecule has 40 heavy (non-hydrogen) atoms. The molecule has 1 aromatic carbocycles. The van der Waals surface area contributed by atoms with Crippen molar-refractivity contribution in [3.63, 3.8) is 0 Å². The molecule has 0 unspecified atom stereocenters. The van der Waals surface area contributed by atoms with Crippen LogP contribution < -0.4 is 0 Å². The number of esters is 1. The second kappa shape index (κ2) is 23.2.